The lowest BCUT2D eigenvalue weighted by Crippen LogP contribution is -2.10. The number of hydrogen-bond donors (Lipinski definition) is 0. The van der Waals surface area contributed by atoms with Gasteiger partial charge in [-0.05, 0) is 63.2 Å². The molecule has 0 bridgehead atoms. The van der Waals surface area contributed by atoms with Gasteiger partial charge in [-0.15, -0.1) is 46.4 Å². The number of halogens is 4. The zero-order valence-electron chi connectivity index (χ0n) is 16.7. The number of hydrogen-bond acceptors (Lipinski definition) is 2. The predicted molar refractivity (Wildman–Crippen MR) is 125 cm³/mol. The summed E-state index contributed by atoms with van der Waals surface area (Å²) in [5.41, 5.74) is 0. The van der Waals surface area contributed by atoms with Crippen LogP contribution in [0.3, 0.4) is 0 Å². The van der Waals surface area contributed by atoms with E-state index < -0.39 is 0 Å². The highest BCUT2D eigenvalue weighted by Crippen LogP contribution is 2.25. The molecule has 0 aromatic rings. The standard InChI is InChI=1S/C20H39Cl4O2P/c21-13-5-1-9-19(10-2-6-14-22)17-25-27-26-18-20(11-3-7-15-23)12-4-8-16-24/h19-20,27H,1-18H2. The van der Waals surface area contributed by atoms with Crippen LogP contribution < -0.4 is 0 Å². The number of alkyl halides is 4. The van der Waals surface area contributed by atoms with Gasteiger partial charge in [0, 0.05) is 23.5 Å². The summed E-state index contributed by atoms with van der Waals surface area (Å²) >= 11 is 23.2. The first kappa shape index (κ1) is 28.5. The summed E-state index contributed by atoms with van der Waals surface area (Å²) in [5, 5.41) is 0. The van der Waals surface area contributed by atoms with Crippen molar-refractivity contribution >= 4 is 55.4 Å². The minimum Gasteiger partial charge on any atom is -0.336 e. The van der Waals surface area contributed by atoms with Crippen molar-refractivity contribution in [3.05, 3.63) is 0 Å². The second kappa shape index (κ2) is 23.8. The van der Waals surface area contributed by atoms with E-state index in [1.165, 1.54) is 51.4 Å². The molecule has 0 fully saturated rings. The molecule has 0 aromatic carbocycles. The van der Waals surface area contributed by atoms with Gasteiger partial charge in [0.15, 0.2) is 9.03 Å². The molecule has 27 heavy (non-hydrogen) atoms. The van der Waals surface area contributed by atoms with Crippen LogP contribution in [0.25, 0.3) is 0 Å². The molecule has 0 saturated carbocycles. The molecule has 0 heterocycles. The first-order valence-corrected chi connectivity index (χ1v) is 13.5. The Morgan fingerprint density at radius 1 is 0.481 bits per heavy atom. The predicted octanol–water partition coefficient (Wildman–Crippen LogP) is 8.40. The molecule has 164 valence electrons. The molecule has 0 atom stereocenters. The molecule has 0 aromatic heterocycles. The quantitative estimate of drug-likeness (QED) is 0.0873. The van der Waals surface area contributed by atoms with Crippen molar-refractivity contribution in [1.82, 2.24) is 0 Å². The van der Waals surface area contributed by atoms with E-state index in [0.29, 0.717) is 11.8 Å². The van der Waals surface area contributed by atoms with Crippen molar-refractivity contribution in [2.75, 3.05) is 36.7 Å². The van der Waals surface area contributed by atoms with E-state index >= 15 is 0 Å². The highest BCUT2D eigenvalue weighted by Gasteiger charge is 2.11. The Balaban J connectivity index is 3.97. The van der Waals surface area contributed by atoms with Gasteiger partial charge < -0.3 is 9.05 Å². The smallest absolute Gasteiger partial charge is 0.155 e. The van der Waals surface area contributed by atoms with Gasteiger partial charge in [0.25, 0.3) is 0 Å². The van der Waals surface area contributed by atoms with Crippen molar-refractivity contribution in [3.8, 4) is 0 Å². The minimum atomic E-state index is 0.135. The van der Waals surface area contributed by atoms with Gasteiger partial charge in [-0.25, -0.2) is 0 Å². The maximum atomic E-state index is 5.86. The van der Waals surface area contributed by atoms with Crippen LogP contribution in [-0.2, 0) is 9.05 Å². The fourth-order valence-corrected chi connectivity index (χ4v) is 4.52. The van der Waals surface area contributed by atoms with Crippen molar-refractivity contribution in [2.45, 2.75) is 77.0 Å². The van der Waals surface area contributed by atoms with Crippen LogP contribution in [0.4, 0.5) is 0 Å². The van der Waals surface area contributed by atoms with E-state index in [1.54, 1.807) is 0 Å². The summed E-state index contributed by atoms with van der Waals surface area (Å²) in [6, 6.07) is 0. The van der Waals surface area contributed by atoms with E-state index in [9.17, 15) is 0 Å². The van der Waals surface area contributed by atoms with Crippen LogP contribution in [0, 0.1) is 11.8 Å². The third-order valence-electron chi connectivity index (χ3n) is 4.74. The Labute approximate surface area is 189 Å². The Hall–Kier alpha value is 1.51. The zero-order valence-corrected chi connectivity index (χ0v) is 20.7. The van der Waals surface area contributed by atoms with Gasteiger partial charge in [-0.3, -0.25) is 0 Å². The van der Waals surface area contributed by atoms with E-state index in [0.717, 1.165) is 62.4 Å². The van der Waals surface area contributed by atoms with Gasteiger partial charge in [0.1, 0.15) is 0 Å². The lowest BCUT2D eigenvalue weighted by molar-refractivity contribution is 0.188. The van der Waals surface area contributed by atoms with E-state index in [2.05, 4.69) is 0 Å². The Bertz CT molecular complexity index is 243. The summed E-state index contributed by atoms with van der Waals surface area (Å²) in [5.74, 6) is 4.17. The maximum Gasteiger partial charge on any atom is 0.155 e. The first-order valence-electron chi connectivity index (χ1n) is 10.5. The van der Waals surface area contributed by atoms with Crippen LogP contribution in [0.5, 0.6) is 0 Å². The van der Waals surface area contributed by atoms with Gasteiger partial charge in [0.2, 0.25) is 0 Å². The molecular formula is C20H39Cl4O2P. The molecule has 0 aliphatic carbocycles. The molecule has 7 heteroatoms. The number of unbranched alkanes of at least 4 members (excludes halogenated alkanes) is 4. The number of rotatable bonds is 22. The fourth-order valence-electron chi connectivity index (χ4n) is 3.08. The molecule has 0 rings (SSSR count). The monoisotopic (exact) mass is 482 g/mol. The fraction of sp³-hybridized carbons (Fsp3) is 1.00. The topological polar surface area (TPSA) is 18.5 Å². The Morgan fingerprint density at radius 3 is 1.04 bits per heavy atom. The van der Waals surface area contributed by atoms with Gasteiger partial charge in [-0.2, -0.15) is 0 Å². The van der Waals surface area contributed by atoms with E-state index in [4.69, 9.17) is 55.5 Å². The van der Waals surface area contributed by atoms with Crippen molar-refractivity contribution in [3.63, 3.8) is 0 Å². The summed E-state index contributed by atoms with van der Waals surface area (Å²) in [6.07, 6.45) is 13.7. The molecule has 0 spiro atoms. The highest BCUT2D eigenvalue weighted by atomic mass is 35.5. The molecule has 0 unspecified atom stereocenters. The third kappa shape index (κ3) is 20.6. The Kier molecular flexibility index (Phi) is 25.1. The minimum absolute atomic E-state index is 0.135. The van der Waals surface area contributed by atoms with Gasteiger partial charge in [0.05, 0.1) is 13.2 Å². The molecule has 0 saturated heterocycles. The second-order valence-electron chi connectivity index (χ2n) is 7.18. The molecule has 0 aliphatic heterocycles. The van der Waals surface area contributed by atoms with Crippen molar-refractivity contribution in [2.24, 2.45) is 11.8 Å². The van der Waals surface area contributed by atoms with Crippen molar-refractivity contribution < 1.29 is 9.05 Å². The van der Waals surface area contributed by atoms with Crippen LogP contribution in [0.1, 0.15) is 77.0 Å². The highest BCUT2D eigenvalue weighted by molar-refractivity contribution is 7.26. The molecule has 0 N–H and O–H groups in total. The average Bonchev–Trinajstić information content (AvgIpc) is 2.67. The van der Waals surface area contributed by atoms with Crippen LogP contribution >= 0.6 is 55.4 Å². The normalized spacial score (nSPS) is 11.8. The van der Waals surface area contributed by atoms with Crippen LogP contribution in [-0.4, -0.2) is 36.7 Å². The summed E-state index contributed by atoms with van der Waals surface area (Å²) in [6.45, 7) is 1.57. The Morgan fingerprint density at radius 2 is 0.778 bits per heavy atom. The van der Waals surface area contributed by atoms with Crippen molar-refractivity contribution in [1.29, 1.82) is 0 Å². The molecule has 0 radical (unpaired) electrons. The van der Waals surface area contributed by atoms with Crippen LogP contribution in [0.15, 0.2) is 0 Å². The van der Waals surface area contributed by atoms with Crippen LogP contribution in [0.2, 0.25) is 0 Å². The van der Waals surface area contributed by atoms with E-state index in [-0.39, 0.29) is 9.03 Å². The third-order valence-corrected chi connectivity index (χ3v) is 6.38. The maximum absolute atomic E-state index is 5.86. The molecule has 2 nitrogen and oxygen atoms in total. The first-order chi connectivity index (χ1) is 13.3. The summed E-state index contributed by atoms with van der Waals surface area (Å²) in [4.78, 5) is 0. The van der Waals surface area contributed by atoms with Gasteiger partial charge >= 0.3 is 0 Å². The second-order valence-corrected chi connectivity index (χ2v) is 9.43. The average molecular weight is 484 g/mol. The molecule has 0 amide bonds. The molecular weight excluding hydrogens is 445 g/mol. The summed E-state index contributed by atoms with van der Waals surface area (Å²) in [7, 11) is 0.135. The lowest BCUT2D eigenvalue weighted by atomic mass is 9.97. The SMILES string of the molecule is ClCCCCC(CCCCCl)COPOCC(CCCCCl)CCCCCl. The lowest BCUT2D eigenvalue weighted by Gasteiger charge is -2.19. The van der Waals surface area contributed by atoms with Gasteiger partial charge in [-0.1, -0.05) is 25.7 Å². The van der Waals surface area contributed by atoms with E-state index in [1.807, 2.05) is 0 Å². The zero-order chi connectivity index (χ0) is 20.0. The molecule has 0 aliphatic rings. The summed E-state index contributed by atoms with van der Waals surface area (Å²) < 4.78 is 11.7. The largest absolute Gasteiger partial charge is 0.336 e.